The number of carbonyl (C=O) groups excluding carboxylic acids is 4. The van der Waals surface area contributed by atoms with Crippen molar-refractivity contribution < 1.29 is 33.4 Å². The third-order valence-electron chi connectivity index (χ3n) is 14.0. The number of unbranched alkanes of at least 4 members (excludes halogenated alkanes) is 27. The van der Waals surface area contributed by atoms with E-state index in [4.69, 9.17) is 9.47 Å². The molecule has 0 aliphatic carbocycles. The van der Waals surface area contributed by atoms with Gasteiger partial charge in [-0.05, 0) is 143 Å². The highest BCUT2D eigenvalue weighted by Crippen LogP contribution is 2.20. The van der Waals surface area contributed by atoms with E-state index in [1.54, 1.807) is 0 Å². The lowest BCUT2D eigenvalue weighted by molar-refractivity contribution is -0.151. The topological polar surface area (TPSA) is 102 Å². The predicted octanol–water partition coefficient (Wildman–Crippen LogP) is 18.7. The minimum absolute atomic E-state index is 0.0127. The maximum absolute atomic E-state index is 12.4. The summed E-state index contributed by atoms with van der Waals surface area (Å²) in [6.45, 7) is 22.6. The molecule has 0 bridgehead atoms. The molecule has 1 fully saturated rings. The Morgan fingerprint density at radius 3 is 1.14 bits per heavy atom. The molecule has 0 spiro atoms. The minimum Gasteiger partial charge on any atom is -0.468 e. The molecule has 0 aromatic carbocycles. The zero-order valence-corrected chi connectivity index (χ0v) is 50.4. The average molecular weight is 1040 g/mol. The molecule has 0 unspecified atom stereocenters. The van der Waals surface area contributed by atoms with E-state index in [0.29, 0.717) is 32.3 Å². The first kappa shape index (κ1) is 75.2. The van der Waals surface area contributed by atoms with Crippen LogP contribution in [0.5, 0.6) is 0 Å². The fourth-order valence-corrected chi connectivity index (χ4v) is 9.37. The van der Waals surface area contributed by atoms with Gasteiger partial charge in [-0.15, -0.1) is 0 Å². The van der Waals surface area contributed by atoms with Crippen LogP contribution in [0, 0.1) is 0 Å². The smallest absolute Gasteiger partial charge is 0.306 e. The first-order chi connectivity index (χ1) is 35.7. The molecule has 0 saturated carbocycles. The maximum atomic E-state index is 12.4. The first-order valence-electron chi connectivity index (χ1n) is 32.0. The Morgan fingerprint density at radius 2 is 0.781 bits per heavy atom. The number of esters is 2. The lowest BCUT2D eigenvalue weighted by Gasteiger charge is -2.18. The van der Waals surface area contributed by atoms with Gasteiger partial charge < -0.3 is 28.8 Å². The number of hydrogen-bond acceptors (Lipinski definition) is 9. The molecule has 1 aliphatic rings. The van der Waals surface area contributed by atoms with E-state index < -0.39 is 0 Å². The van der Waals surface area contributed by atoms with Crippen molar-refractivity contribution in [2.45, 2.75) is 343 Å². The fraction of sp³-hybridized carbons (Fsp3) is 0.938. The Balaban J connectivity index is -0.00000108. The second kappa shape index (κ2) is 66.1. The predicted molar refractivity (Wildman–Crippen MR) is 315 cm³/mol. The zero-order valence-electron chi connectivity index (χ0n) is 50.4. The van der Waals surface area contributed by atoms with Crippen molar-refractivity contribution in [3.63, 3.8) is 0 Å². The second-order valence-electron chi connectivity index (χ2n) is 21.5. The molecule has 0 amide bonds. The van der Waals surface area contributed by atoms with Crippen LogP contribution in [0.1, 0.15) is 331 Å². The molecule has 0 radical (unpaired) electrons. The molecular formula is C64H128N2O7. The number of rotatable bonds is 51. The molecule has 1 saturated heterocycles. The van der Waals surface area contributed by atoms with Crippen molar-refractivity contribution in [1.29, 1.82) is 0 Å². The zero-order chi connectivity index (χ0) is 54.4. The van der Waals surface area contributed by atoms with Crippen LogP contribution >= 0.6 is 0 Å². The quantitative estimate of drug-likeness (QED) is 0.0255. The van der Waals surface area contributed by atoms with Gasteiger partial charge in [0, 0.05) is 19.3 Å². The van der Waals surface area contributed by atoms with Crippen molar-refractivity contribution in [1.82, 2.24) is 9.80 Å². The van der Waals surface area contributed by atoms with Gasteiger partial charge in [0.15, 0.2) is 0 Å². The van der Waals surface area contributed by atoms with Crippen LogP contribution in [0.15, 0.2) is 0 Å². The summed E-state index contributed by atoms with van der Waals surface area (Å²) in [7, 11) is 2.19. The summed E-state index contributed by atoms with van der Waals surface area (Å²) >= 11 is 0. The molecule has 1 heterocycles. The molecule has 0 atom stereocenters. The highest BCUT2D eigenvalue weighted by molar-refractivity contribution is 5.69. The van der Waals surface area contributed by atoms with Crippen molar-refractivity contribution in [3.05, 3.63) is 0 Å². The average Bonchev–Trinajstić information content (AvgIpc) is 3.92. The summed E-state index contributed by atoms with van der Waals surface area (Å²) < 4.78 is 16.5. The number of likely N-dealkylation sites (tertiary alicyclic amines) is 1. The molecule has 0 aromatic heterocycles. The molecule has 9 nitrogen and oxygen atoms in total. The molecule has 1 aliphatic heterocycles. The fourth-order valence-electron chi connectivity index (χ4n) is 9.37. The van der Waals surface area contributed by atoms with Crippen LogP contribution in [-0.2, 0) is 33.4 Å². The van der Waals surface area contributed by atoms with E-state index in [2.05, 4.69) is 63.1 Å². The minimum atomic E-state index is -0.0127. The van der Waals surface area contributed by atoms with Crippen molar-refractivity contribution in [2.24, 2.45) is 0 Å². The largest absolute Gasteiger partial charge is 0.468 e. The number of ether oxygens (including phenoxy) is 3. The Morgan fingerprint density at radius 1 is 0.438 bits per heavy atom. The lowest BCUT2D eigenvalue weighted by Crippen LogP contribution is -2.20. The SMILES string of the molecule is CCC=O.CCCCCCCCC(CCCCCCCC)OC(=O)CCCCCCCOC=O.CCCCCCCCC(CCCCCCCC)OC(=O)CCCCCN1CCCC1.CCCCN(C)CCC. The number of nitrogens with zero attached hydrogens (tertiary/aromatic N) is 2. The van der Waals surface area contributed by atoms with Gasteiger partial charge in [-0.3, -0.25) is 14.4 Å². The van der Waals surface area contributed by atoms with Crippen LogP contribution in [0.2, 0.25) is 0 Å². The number of carbonyl (C=O) groups is 4. The van der Waals surface area contributed by atoms with E-state index in [1.165, 1.54) is 225 Å². The van der Waals surface area contributed by atoms with Gasteiger partial charge in [-0.25, -0.2) is 0 Å². The van der Waals surface area contributed by atoms with Crippen molar-refractivity contribution >= 4 is 24.7 Å². The summed E-state index contributed by atoms with van der Waals surface area (Å²) in [6.07, 6.45) is 53.3. The van der Waals surface area contributed by atoms with Gasteiger partial charge in [0.05, 0.1) is 6.61 Å². The van der Waals surface area contributed by atoms with Crippen molar-refractivity contribution in [2.75, 3.05) is 46.4 Å². The van der Waals surface area contributed by atoms with Gasteiger partial charge in [0.25, 0.3) is 6.47 Å². The van der Waals surface area contributed by atoms with E-state index in [-0.39, 0.29) is 24.1 Å². The Labute approximate surface area is 455 Å². The van der Waals surface area contributed by atoms with Crippen LogP contribution in [0.3, 0.4) is 0 Å². The molecule has 0 N–H and O–H groups in total. The van der Waals surface area contributed by atoms with Gasteiger partial charge in [0.2, 0.25) is 0 Å². The standard InChI is InChI=1S/C27H53NO2.C26H50O4.C8H19N.C3H6O/c1-3-5-7-9-11-14-20-26(21-15-12-10-8-6-4-2)30-27(29)22-16-13-17-23-28-24-18-19-25-28;1-3-5-7-9-12-16-20-25(21-17-13-10-8-6-4-2)30-26(28)22-18-14-11-15-19-23-29-24-27;1-4-6-8-9(3)7-5-2;1-2-3-4/h26H,3-25H2,1-2H3;24-25H,3-23H2,1-2H3;4-8H2,1-3H3;3H,2H2,1H3. The third-order valence-corrected chi connectivity index (χ3v) is 14.0. The van der Waals surface area contributed by atoms with Crippen LogP contribution in [-0.4, -0.2) is 93.1 Å². The van der Waals surface area contributed by atoms with E-state index >= 15 is 0 Å². The van der Waals surface area contributed by atoms with E-state index in [1.807, 2.05) is 6.92 Å². The molecule has 1 rings (SSSR count). The van der Waals surface area contributed by atoms with Crippen LogP contribution in [0.25, 0.3) is 0 Å². The van der Waals surface area contributed by atoms with E-state index in [9.17, 15) is 19.2 Å². The van der Waals surface area contributed by atoms with Gasteiger partial charge in [-0.2, -0.15) is 0 Å². The van der Waals surface area contributed by atoms with Gasteiger partial charge >= 0.3 is 11.9 Å². The third kappa shape index (κ3) is 64.2. The Bertz CT molecular complexity index is 1050. The van der Waals surface area contributed by atoms with Crippen LogP contribution < -0.4 is 0 Å². The summed E-state index contributed by atoms with van der Waals surface area (Å²) in [5.74, 6) is 0.0411. The molecule has 73 heavy (non-hydrogen) atoms. The molecule has 0 aromatic rings. The normalized spacial score (nSPS) is 12.2. The number of hydrogen-bond donors (Lipinski definition) is 0. The van der Waals surface area contributed by atoms with E-state index in [0.717, 1.165) is 76.9 Å². The summed E-state index contributed by atoms with van der Waals surface area (Å²) in [6, 6.07) is 0. The lowest BCUT2D eigenvalue weighted by atomic mass is 10.0. The first-order valence-corrected chi connectivity index (χ1v) is 32.0. The van der Waals surface area contributed by atoms with Crippen molar-refractivity contribution in [3.8, 4) is 0 Å². The number of aldehydes is 1. The maximum Gasteiger partial charge on any atom is 0.306 e. The highest BCUT2D eigenvalue weighted by atomic mass is 16.5. The highest BCUT2D eigenvalue weighted by Gasteiger charge is 2.16. The Kier molecular flexibility index (Phi) is 68.1. The summed E-state index contributed by atoms with van der Waals surface area (Å²) in [5, 5.41) is 0. The second-order valence-corrected chi connectivity index (χ2v) is 21.5. The van der Waals surface area contributed by atoms with Gasteiger partial charge in [0.1, 0.15) is 18.5 Å². The molecule has 9 heteroatoms. The summed E-state index contributed by atoms with van der Waals surface area (Å²) in [4.78, 5) is 48.9. The molecular weight excluding hydrogens is 909 g/mol. The molecule has 436 valence electrons. The van der Waals surface area contributed by atoms with Gasteiger partial charge in [-0.1, -0.05) is 209 Å². The monoisotopic (exact) mass is 1040 g/mol. The van der Waals surface area contributed by atoms with Crippen LogP contribution in [0.4, 0.5) is 0 Å². The summed E-state index contributed by atoms with van der Waals surface area (Å²) in [5.41, 5.74) is 0. The Hall–Kier alpha value is -2.00.